The first-order valence-corrected chi connectivity index (χ1v) is 7.56. The van der Waals surface area contributed by atoms with Crippen LogP contribution >= 0.6 is 0 Å². The summed E-state index contributed by atoms with van der Waals surface area (Å²) < 4.78 is 7.26. The number of hydrogen-bond acceptors (Lipinski definition) is 4. The SMILES string of the molecule is COCCN(c1c(CNC2CC2)c(C)nn1C)C(C)C. The van der Waals surface area contributed by atoms with Gasteiger partial charge in [0.25, 0.3) is 0 Å². The average Bonchev–Trinajstić information content (AvgIpc) is 3.16. The highest BCUT2D eigenvalue weighted by Gasteiger charge is 2.24. The number of aromatic nitrogens is 2. The van der Waals surface area contributed by atoms with E-state index in [9.17, 15) is 0 Å². The molecule has 1 aromatic rings. The van der Waals surface area contributed by atoms with Crippen LogP contribution in [0, 0.1) is 6.92 Å². The summed E-state index contributed by atoms with van der Waals surface area (Å²) in [6.07, 6.45) is 2.62. The number of ether oxygens (including phenoxy) is 1. The molecule has 1 heterocycles. The highest BCUT2D eigenvalue weighted by Crippen LogP contribution is 2.27. The number of nitrogens with one attached hydrogen (secondary N) is 1. The molecule has 2 rings (SSSR count). The Kier molecular flexibility index (Phi) is 5.05. The van der Waals surface area contributed by atoms with Crippen LogP contribution in [0.25, 0.3) is 0 Å². The van der Waals surface area contributed by atoms with Crippen molar-refractivity contribution in [2.45, 2.75) is 52.2 Å². The van der Waals surface area contributed by atoms with E-state index in [-0.39, 0.29) is 0 Å². The maximum Gasteiger partial charge on any atom is 0.131 e. The van der Waals surface area contributed by atoms with Gasteiger partial charge in [-0.2, -0.15) is 5.10 Å². The molecule has 0 aromatic carbocycles. The number of methoxy groups -OCH3 is 1. The first kappa shape index (κ1) is 15.3. The Morgan fingerprint density at radius 3 is 2.70 bits per heavy atom. The molecule has 0 unspecified atom stereocenters. The second kappa shape index (κ2) is 6.59. The van der Waals surface area contributed by atoms with Gasteiger partial charge in [-0.25, -0.2) is 0 Å². The minimum absolute atomic E-state index is 0.430. The van der Waals surface area contributed by atoms with Gasteiger partial charge in [0.1, 0.15) is 5.82 Å². The highest BCUT2D eigenvalue weighted by molar-refractivity contribution is 5.51. The van der Waals surface area contributed by atoms with Crippen molar-refractivity contribution in [3.05, 3.63) is 11.3 Å². The van der Waals surface area contributed by atoms with Gasteiger partial charge in [0.05, 0.1) is 12.3 Å². The summed E-state index contributed by atoms with van der Waals surface area (Å²) in [5.74, 6) is 1.22. The Morgan fingerprint density at radius 1 is 1.45 bits per heavy atom. The lowest BCUT2D eigenvalue weighted by Gasteiger charge is -2.29. The number of nitrogens with zero attached hydrogens (tertiary/aromatic N) is 3. The molecule has 5 heteroatoms. The maximum atomic E-state index is 5.25. The molecular formula is C15H28N4O. The molecular weight excluding hydrogens is 252 g/mol. The third-order valence-corrected chi connectivity index (χ3v) is 3.89. The Balaban J connectivity index is 2.21. The first-order valence-electron chi connectivity index (χ1n) is 7.56. The fourth-order valence-electron chi connectivity index (χ4n) is 2.59. The Bertz CT molecular complexity index is 437. The van der Waals surface area contributed by atoms with Crippen molar-refractivity contribution in [1.29, 1.82) is 0 Å². The second-order valence-corrected chi connectivity index (χ2v) is 5.95. The van der Waals surface area contributed by atoms with Crippen LogP contribution in [0.2, 0.25) is 0 Å². The van der Waals surface area contributed by atoms with Crippen molar-refractivity contribution >= 4 is 5.82 Å². The van der Waals surface area contributed by atoms with Gasteiger partial charge in [0.15, 0.2) is 0 Å². The first-order chi connectivity index (χ1) is 9.54. The predicted molar refractivity (Wildman–Crippen MR) is 82.2 cm³/mol. The molecule has 5 nitrogen and oxygen atoms in total. The lowest BCUT2D eigenvalue weighted by atomic mass is 10.2. The van der Waals surface area contributed by atoms with E-state index in [0.29, 0.717) is 12.1 Å². The van der Waals surface area contributed by atoms with Crippen LogP contribution in [-0.4, -0.2) is 42.1 Å². The number of hydrogen-bond donors (Lipinski definition) is 1. The van der Waals surface area contributed by atoms with Gasteiger partial charge >= 0.3 is 0 Å². The number of rotatable bonds is 8. The summed E-state index contributed by atoms with van der Waals surface area (Å²) in [4.78, 5) is 2.38. The molecule has 1 N–H and O–H groups in total. The van der Waals surface area contributed by atoms with E-state index in [1.54, 1.807) is 7.11 Å². The second-order valence-electron chi connectivity index (χ2n) is 5.95. The molecule has 1 aliphatic rings. The average molecular weight is 280 g/mol. The molecule has 0 bridgehead atoms. The molecule has 1 aliphatic carbocycles. The van der Waals surface area contributed by atoms with Gasteiger partial charge in [0, 0.05) is 44.9 Å². The Hall–Kier alpha value is -1.07. The molecule has 1 aromatic heterocycles. The summed E-state index contributed by atoms with van der Waals surface area (Å²) in [6.45, 7) is 9.08. The van der Waals surface area contributed by atoms with Crippen LogP contribution in [0.15, 0.2) is 0 Å². The van der Waals surface area contributed by atoms with Gasteiger partial charge in [-0.1, -0.05) is 0 Å². The molecule has 1 fully saturated rings. The summed E-state index contributed by atoms with van der Waals surface area (Å²) in [5, 5.41) is 8.22. The van der Waals surface area contributed by atoms with Crippen LogP contribution in [0.1, 0.15) is 37.9 Å². The van der Waals surface area contributed by atoms with Crippen LogP contribution in [-0.2, 0) is 18.3 Å². The highest BCUT2D eigenvalue weighted by atomic mass is 16.5. The lowest BCUT2D eigenvalue weighted by molar-refractivity contribution is 0.203. The zero-order chi connectivity index (χ0) is 14.7. The van der Waals surface area contributed by atoms with Crippen molar-refractivity contribution in [3.63, 3.8) is 0 Å². The zero-order valence-corrected chi connectivity index (χ0v) is 13.4. The third kappa shape index (κ3) is 3.52. The van der Waals surface area contributed by atoms with E-state index in [1.807, 2.05) is 11.7 Å². The maximum absolute atomic E-state index is 5.25. The lowest BCUT2D eigenvalue weighted by Crippen LogP contribution is -2.36. The van der Waals surface area contributed by atoms with Crippen LogP contribution in [0.3, 0.4) is 0 Å². The minimum Gasteiger partial charge on any atom is -0.383 e. The van der Waals surface area contributed by atoms with Gasteiger partial charge in [-0.05, 0) is 33.6 Å². The molecule has 0 spiro atoms. The van der Waals surface area contributed by atoms with Crippen LogP contribution in [0.5, 0.6) is 0 Å². The van der Waals surface area contributed by atoms with Crippen LogP contribution in [0.4, 0.5) is 5.82 Å². The number of anilines is 1. The van der Waals surface area contributed by atoms with E-state index >= 15 is 0 Å². The van der Waals surface area contributed by atoms with E-state index in [2.05, 4.69) is 36.1 Å². The molecule has 114 valence electrons. The topological polar surface area (TPSA) is 42.3 Å². The molecule has 0 aliphatic heterocycles. The molecule has 20 heavy (non-hydrogen) atoms. The quantitative estimate of drug-likeness (QED) is 0.789. The van der Waals surface area contributed by atoms with Gasteiger partial charge in [0.2, 0.25) is 0 Å². The number of aryl methyl sites for hydroxylation is 2. The Morgan fingerprint density at radius 2 is 2.15 bits per heavy atom. The fraction of sp³-hybridized carbons (Fsp3) is 0.800. The minimum atomic E-state index is 0.430. The Labute approximate surface area is 122 Å². The summed E-state index contributed by atoms with van der Waals surface area (Å²) >= 11 is 0. The zero-order valence-electron chi connectivity index (χ0n) is 13.4. The summed E-state index contributed by atoms with van der Waals surface area (Å²) in [7, 11) is 3.79. The van der Waals surface area contributed by atoms with Crippen molar-refractivity contribution in [2.24, 2.45) is 7.05 Å². The summed E-state index contributed by atoms with van der Waals surface area (Å²) in [6, 6.07) is 1.15. The summed E-state index contributed by atoms with van der Waals surface area (Å²) in [5.41, 5.74) is 2.45. The molecule has 0 saturated heterocycles. The van der Waals surface area contributed by atoms with Crippen LogP contribution < -0.4 is 10.2 Å². The fourth-order valence-corrected chi connectivity index (χ4v) is 2.59. The van der Waals surface area contributed by atoms with Crippen molar-refractivity contribution in [1.82, 2.24) is 15.1 Å². The molecule has 1 saturated carbocycles. The smallest absolute Gasteiger partial charge is 0.131 e. The normalized spacial score (nSPS) is 15.1. The molecule has 0 amide bonds. The van der Waals surface area contributed by atoms with Gasteiger partial charge < -0.3 is 15.0 Å². The van der Waals surface area contributed by atoms with Crippen molar-refractivity contribution in [2.75, 3.05) is 25.2 Å². The van der Waals surface area contributed by atoms with E-state index in [0.717, 1.165) is 25.4 Å². The van der Waals surface area contributed by atoms with Gasteiger partial charge in [-0.15, -0.1) is 0 Å². The standard InChI is InChI=1S/C15H28N4O/c1-11(2)19(8-9-20-5)15-14(10-16-13-6-7-13)12(3)17-18(15)4/h11,13,16H,6-10H2,1-5H3. The van der Waals surface area contributed by atoms with Crippen molar-refractivity contribution in [3.8, 4) is 0 Å². The molecule has 0 radical (unpaired) electrons. The largest absolute Gasteiger partial charge is 0.383 e. The van der Waals surface area contributed by atoms with E-state index < -0.39 is 0 Å². The van der Waals surface area contributed by atoms with E-state index in [1.165, 1.54) is 24.2 Å². The third-order valence-electron chi connectivity index (χ3n) is 3.89. The monoisotopic (exact) mass is 280 g/mol. The molecule has 0 atom stereocenters. The van der Waals surface area contributed by atoms with E-state index in [4.69, 9.17) is 4.74 Å². The van der Waals surface area contributed by atoms with Gasteiger partial charge in [-0.3, -0.25) is 4.68 Å². The van der Waals surface area contributed by atoms with Crippen molar-refractivity contribution < 1.29 is 4.74 Å². The predicted octanol–water partition coefficient (Wildman–Crippen LogP) is 1.84.